The number of amides is 1. The van der Waals surface area contributed by atoms with Crippen LogP contribution in [0.1, 0.15) is 24.0 Å². The summed E-state index contributed by atoms with van der Waals surface area (Å²) in [5.41, 5.74) is 1.09. The highest BCUT2D eigenvalue weighted by atomic mass is 32.2. The minimum atomic E-state index is -0.240. The van der Waals surface area contributed by atoms with Gasteiger partial charge >= 0.3 is 0 Å². The normalized spacial score (nSPS) is 22.5. The molecule has 21 heavy (non-hydrogen) atoms. The van der Waals surface area contributed by atoms with Crippen LogP contribution < -0.4 is 0 Å². The molecule has 0 spiro atoms. The van der Waals surface area contributed by atoms with Crippen LogP contribution in [0.4, 0.5) is 0 Å². The van der Waals surface area contributed by atoms with Crippen LogP contribution in [-0.2, 0) is 15.3 Å². The Morgan fingerprint density at radius 1 is 1.67 bits per heavy atom. The van der Waals surface area contributed by atoms with Crippen LogP contribution in [0.3, 0.4) is 0 Å². The third kappa shape index (κ3) is 4.95. The van der Waals surface area contributed by atoms with E-state index in [2.05, 4.69) is 10.4 Å². The van der Waals surface area contributed by atoms with Gasteiger partial charge in [-0.05, 0) is 13.8 Å². The van der Waals surface area contributed by atoms with Crippen molar-refractivity contribution in [2.75, 3.05) is 25.5 Å². The quantitative estimate of drug-likeness (QED) is 0.804. The fourth-order valence-electron chi connectivity index (χ4n) is 2.23. The Morgan fingerprint density at radius 2 is 2.48 bits per heavy atom. The summed E-state index contributed by atoms with van der Waals surface area (Å²) in [6.07, 6.45) is 0.284. The Kier molecular flexibility index (Phi) is 6.47. The molecule has 1 saturated heterocycles. The molecule has 7 heteroatoms. The van der Waals surface area contributed by atoms with Crippen molar-refractivity contribution in [3.63, 3.8) is 0 Å². The number of morpholine rings is 1. The lowest BCUT2D eigenvalue weighted by Crippen LogP contribution is -2.52. The first kappa shape index (κ1) is 16.7. The highest BCUT2D eigenvalue weighted by Crippen LogP contribution is 2.18. The Bertz CT molecular complexity index is 467. The highest BCUT2D eigenvalue weighted by Gasteiger charge is 2.28. The van der Waals surface area contributed by atoms with E-state index < -0.39 is 0 Å². The van der Waals surface area contributed by atoms with Gasteiger partial charge in [0.1, 0.15) is 0 Å². The monoisotopic (exact) mass is 330 g/mol. The zero-order valence-electron chi connectivity index (χ0n) is 12.4. The molecular formula is C14H22N2O3S2. The minimum Gasteiger partial charge on any atom is -0.394 e. The van der Waals surface area contributed by atoms with E-state index in [1.165, 1.54) is 0 Å². The molecule has 1 amide bonds. The predicted molar refractivity (Wildman–Crippen MR) is 85.6 cm³/mol. The Morgan fingerprint density at radius 3 is 3.14 bits per heavy atom. The molecule has 5 nitrogen and oxygen atoms in total. The van der Waals surface area contributed by atoms with Crippen molar-refractivity contribution in [2.45, 2.75) is 38.2 Å². The Balaban J connectivity index is 1.70. The van der Waals surface area contributed by atoms with Gasteiger partial charge in [-0.3, -0.25) is 4.79 Å². The van der Waals surface area contributed by atoms with Gasteiger partial charge in [0.05, 0.1) is 36.1 Å². The second kappa shape index (κ2) is 8.12. The van der Waals surface area contributed by atoms with Crippen molar-refractivity contribution >= 4 is 29.0 Å². The maximum Gasteiger partial charge on any atom is 0.223 e. The summed E-state index contributed by atoms with van der Waals surface area (Å²) in [6, 6.07) is 0.0893. The topological polar surface area (TPSA) is 62.7 Å². The van der Waals surface area contributed by atoms with Crippen molar-refractivity contribution < 1.29 is 14.6 Å². The van der Waals surface area contributed by atoms with Gasteiger partial charge in [0.25, 0.3) is 0 Å². The first-order valence-corrected chi connectivity index (χ1v) is 9.14. The summed E-state index contributed by atoms with van der Waals surface area (Å²) in [5, 5.41) is 12.3. The molecule has 2 heterocycles. The third-order valence-corrected chi connectivity index (χ3v) is 5.22. The molecule has 1 aliphatic rings. The van der Waals surface area contributed by atoms with Crippen LogP contribution in [-0.4, -0.2) is 58.6 Å². The lowest BCUT2D eigenvalue weighted by Gasteiger charge is -2.37. The van der Waals surface area contributed by atoms with Crippen LogP contribution >= 0.6 is 23.1 Å². The van der Waals surface area contributed by atoms with E-state index in [9.17, 15) is 4.79 Å². The average molecular weight is 330 g/mol. The molecule has 2 rings (SSSR count). The van der Waals surface area contributed by atoms with Crippen molar-refractivity contribution in [1.82, 2.24) is 9.88 Å². The van der Waals surface area contributed by atoms with Gasteiger partial charge in [0, 0.05) is 29.9 Å². The number of aromatic nitrogens is 1. The van der Waals surface area contributed by atoms with Gasteiger partial charge in [-0.1, -0.05) is 0 Å². The minimum absolute atomic E-state index is 0.0333. The number of nitrogens with zero attached hydrogens (tertiary/aromatic N) is 2. The Hall–Kier alpha value is -0.630. The molecule has 1 aromatic heterocycles. The van der Waals surface area contributed by atoms with E-state index in [0.29, 0.717) is 19.6 Å². The fourth-order valence-corrected chi connectivity index (χ4v) is 3.77. The predicted octanol–water partition coefficient (Wildman–Crippen LogP) is 1.68. The number of aliphatic hydroxyl groups is 1. The first-order valence-electron chi connectivity index (χ1n) is 7.11. The number of thiazole rings is 1. The number of aliphatic hydroxyl groups excluding tert-OH is 1. The summed E-state index contributed by atoms with van der Waals surface area (Å²) < 4.78 is 5.45. The molecule has 2 unspecified atom stereocenters. The van der Waals surface area contributed by atoms with Crippen molar-refractivity contribution in [3.05, 3.63) is 16.1 Å². The Labute approximate surface area is 133 Å². The largest absolute Gasteiger partial charge is 0.394 e. The molecule has 0 radical (unpaired) electrons. The summed E-state index contributed by atoms with van der Waals surface area (Å²) in [5.74, 6) is 1.80. The molecule has 118 valence electrons. The number of carbonyl (C=O) groups is 1. The zero-order chi connectivity index (χ0) is 15.2. The first-order chi connectivity index (χ1) is 10.1. The van der Waals surface area contributed by atoms with Crippen molar-refractivity contribution in [1.29, 1.82) is 0 Å². The van der Waals surface area contributed by atoms with Gasteiger partial charge in [0.2, 0.25) is 5.91 Å². The number of carbonyl (C=O) groups excluding carboxylic acids is 1. The average Bonchev–Trinajstić information content (AvgIpc) is 2.89. The van der Waals surface area contributed by atoms with Gasteiger partial charge in [-0.25, -0.2) is 4.98 Å². The number of rotatable bonds is 6. The van der Waals surface area contributed by atoms with Crippen LogP contribution in [0.5, 0.6) is 0 Å². The van der Waals surface area contributed by atoms with Crippen LogP contribution in [0, 0.1) is 6.92 Å². The SMILES string of the molecule is Cc1nc(CSCCC(=O)N2CC(CO)OCC2C)cs1. The fraction of sp³-hybridized carbons (Fsp3) is 0.714. The molecule has 1 aliphatic heterocycles. The van der Waals surface area contributed by atoms with Gasteiger partial charge in [-0.15, -0.1) is 11.3 Å². The maximum atomic E-state index is 12.2. The van der Waals surface area contributed by atoms with E-state index in [1.807, 2.05) is 18.7 Å². The van der Waals surface area contributed by atoms with E-state index >= 15 is 0 Å². The molecule has 0 saturated carbocycles. The van der Waals surface area contributed by atoms with E-state index in [1.54, 1.807) is 23.1 Å². The summed E-state index contributed by atoms with van der Waals surface area (Å²) in [6.45, 7) is 4.94. The van der Waals surface area contributed by atoms with Crippen LogP contribution in [0.25, 0.3) is 0 Å². The summed E-state index contributed by atoms with van der Waals surface area (Å²) in [7, 11) is 0. The van der Waals surface area contributed by atoms with Gasteiger partial charge < -0.3 is 14.7 Å². The molecule has 1 fully saturated rings. The lowest BCUT2D eigenvalue weighted by atomic mass is 10.2. The summed E-state index contributed by atoms with van der Waals surface area (Å²) >= 11 is 3.39. The van der Waals surface area contributed by atoms with Crippen LogP contribution in [0.15, 0.2) is 5.38 Å². The number of ether oxygens (including phenoxy) is 1. The number of thioether (sulfide) groups is 1. The molecular weight excluding hydrogens is 308 g/mol. The molecule has 0 bridgehead atoms. The van der Waals surface area contributed by atoms with Crippen molar-refractivity contribution in [3.8, 4) is 0 Å². The third-order valence-electron chi connectivity index (χ3n) is 3.41. The van der Waals surface area contributed by atoms with E-state index in [4.69, 9.17) is 9.84 Å². The molecule has 1 N–H and O–H groups in total. The standard InChI is InChI=1S/C14H22N2O3S2/c1-10-7-19-13(6-17)5-16(10)14(18)3-4-20-8-12-9-21-11(2)15-12/h9-10,13,17H,3-8H2,1-2H3. The second-order valence-electron chi connectivity index (χ2n) is 5.19. The van der Waals surface area contributed by atoms with Gasteiger partial charge in [0.15, 0.2) is 0 Å². The molecule has 0 aromatic carbocycles. The molecule has 1 aromatic rings. The smallest absolute Gasteiger partial charge is 0.223 e. The van der Waals surface area contributed by atoms with E-state index in [0.717, 1.165) is 22.2 Å². The number of aryl methyl sites for hydroxylation is 1. The molecule has 2 atom stereocenters. The van der Waals surface area contributed by atoms with Gasteiger partial charge in [-0.2, -0.15) is 11.8 Å². The van der Waals surface area contributed by atoms with Crippen molar-refractivity contribution in [2.24, 2.45) is 0 Å². The second-order valence-corrected chi connectivity index (χ2v) is 7.36. The van der Waals surface area contributed by atoms with E-state index in [-0.39, 0.29) is 24.7 Å². The lowest BCUT2D eigenvalue weighted by molar-refractivity contribution is -0.145. The maximum absolute atomic E-state index is 12.2. The zero-order valence-corrected chi connectivity index (χ0v) is 14.1. The van der Waals surface area contributed by atoms with Crippen LogP contribution in [0.2, 0.25) is 0 Å². The number of hydrogen-bond donors (Lipinski definition) is 1. The highest BCUT2D eigenvalue weighted by molar-refractivity contribution is 7.98. The molecule has 0 aliphatic carbocycles. The number of hydrogen-bond acceptors (Lipinski definition) is 6. The summed E-state index contributed by atoms with van der Waals surface area (Å²) in [4.78, 5) is 18.5.